The molecule has 6 heteroatoms. The minimum Gasteiger partial charge on any atom is -0.291 e. The van der Waals surface area contributed by atoms with Gasteiger partial charge in [-0.3, -0.25) is 4.57 Å². The Morgan fingerprint density at radius 3 is 2.70 bits per heavy atom. The van der Waals surface area contributed by atoms with Gasteiger partial charge in [0.15, 0.2) is 0 Å². The van der Waals surface area contributed by atoms with E-state index in [0.717, 1.165) is 0 Å². The van der Waals surface area contributed by atoms with Gasteiger partial charge in [-0.15, -0.1) is 11.6 Å². The molecule has 3 aromatic rings. The molecule has 0 bridgehead atoms. The quantitative estimate of drug-likeness (QED) is 0.602. The van der Waals surface area contributed by atoms with E-state index in [1.165, 1.54) is 22.8 Å². The van der Waals surface area contributed by atoms with Crippen LogP contribution in [0.5, 0.6) is 0 Å². The van der Waals surface area contributed by atoms with Crippen molar-refractivity contribution >= 4 is 38.6 Å². The Kier molecular flexibility index (Phi) is 3.48. The lowest BCUT2D eigenvalue weighted by Crippen LogP contribution is -2.03. The van der Waals surface area contributed by atoms with Crippen molar-refractivity contribution in [1.82, 2.24) is 9.55 Å². The normalized spacial score (nSPS) is 11.2. The Hall–Kier alpha value is -1.46. The summed E-state index contributed by atoms with van der Waals surface area (Å²) in [5.74, 6) is -0.295. The van der Waals surface area contributed by atoms with Crippen LogP contribution in [-0.2, 0) is 5.88 Å². The first-order valence-electron chi connectivity index (χ1n) is 5.79. The Morgan fingerprint density at radius 2 is 2.00 bits per heavy atom. The van der Waals surface area contributed by atoms with E-state index in [9.17, 15) is 8.78 Å². The molecule has 0 aliphatic heterocycles. The number of rotatable bonds is 2. The molecule has 0 saturated carbocycles. The molecule has 0 unspecified atom stereocenters. The van der Waals surface area contributed by atoms with Gasteiger partial charge in [-0.1, -0.05) is 6.07 Å². The summed E-state index contributed by atoms with van der Waals surface area (Å²) in [5, 5.41) is 0. The fourth-order valence-electron chi connectivity index (χ4n) is 2.14. The van der Waals surface area contributed by atoms with Crippen LogP contribution in [0.4, 0.5) is 8.78 Å². The van der Waals surface area contributed by atoms with E-state index < -0.39 is 11.6 Å². The zero-order valence-corrected chi connectivity index (χ0v) is 12.4. The number of para-hydroxylation sites is 1. The Labute approximate surface area is 127 Å². The van der Waals surface area contributed by atoms with Crippen molar-refractivity contribution in [2.24, 2.45) is 0 Å². The van der Waals surface area contributed by atoms with Gasteiger partial charge in [-0.25, -0.2) is 13.8 Å². The fraction of sp³-hybridized carbons (Fsp3) is 0.0714. The summed E-state index contributed by atoms with van der Waals surface area (Å²) < 4.78 is 29.7. The van der Waals surface area contributed by atoms with Gasteiger partial charge in [0.25, 0.3) is 0 Å². The summed E-state index contributed by atoms with van der Waals surface area (Å²) in [7, 11) is 0. The van der Waals surface area contributed by atoms with Crippen LogP contribution in [0.3, 0.4) is 0 Å². The van der Waals surface area contributed by atoms with Crippen LogP contribution in [0.25, 0.3) is 16.7 Å². The van der Waals surface area contributed by atoms with Gasteiger partial charge in [-0.05, 0) is 40.2 Å². The van der Waals surface area contributed by atoms with E-state index >= 15 is 0 Å². The third-order valence-corrected chi connectivity index (χ3v) is 3.85. The minimum atomic E-state index is -0.436. The molecule has 0 atom stereocenters. The average molecular weight is 358 g/mol. The van der Waals surface area contributed by atoms with E-state index in [0.29, 0.717) is 21.3 Å². The molecular weight excluding hydrogens is 350 g/mol. The summed E-state index contributed by atoms with van der Waals surface area (Å²) >= 11 is 9.19. The second-order valence-electron chi connectivity index (χ2n) is 4.20. The van der Waals surface area contributed by atoms with Crippen LogP contribution in [0.15, 0.2) is 40.9 Å². The van der Waals surface area contributed by atoms with Crippen molar-refractivity contribution in [3.63, 3.8) is 0 Å². The standard InChI is InChI=1S/C14H8BrClF2N2/c15-9-2-1-3-10(18)14(9)20-12-6-8(17)4-5-11(12)19-13(20)7-16/h1-6H,7H2. The van der Waals surface area contributed by atoms with Crippen LogP contribution in [0.1, 0.15) is 5.82 Å². The van der Waals surface area contributed by atoms with Crippen LogP contribution < -0.4 is 0 Å². The van der Waals surface area contributed by atoms with Gasteiger partial charge in [-0.2, -0.15) is 0 Å². The Morgan fingerprint density at radius 1 is 1.20 bits per heavy atom. The van der Waals surface area contributed by atoms with Gasteiger partial charge < -0.3 is 0 Å². The molecule has 0 fully saturated rings. The second kappa shape index (κ2) is 5.14. The lowest BCUT2D eigenvalue weighted by Gasteiger charge is -2.11. The maximum atomic E-state index is 14.1. The molecule has 0 spiro atoms. The topological polar surface area (TPSA) is 17.8 Å². The third-order valence-electron chi connectivity index (χ3n) is 2.97. The predicted molar refractivity (Wildman–Crippen MR) is 78.2 cm³/mol. The highest BCUT2D eigenvalue weighted by Crippen LogP contribution is 2.30. The zero-order chi connectivity index (χ0) is 14.3. The lowest BCUT2D eigenvalue weighted by atomic mass is 10.2. The number of imidazole rings is 1. The minimum absolute atomic E-state index is 0.0943. The molecule has 0 saturated heterocycles. The number of alkyl halides is 1. The Bertz CT molecular complexity index is 781. The van der Waals surface area contributed by atoms with E-state index in [4.69, 9.17) is 11.6 Å². The highest BCUT2D eigenvalue weighted by molar-refractivity contribution is 9.10. The van der Waals surface area contributed by atoms with Crippen molar-refractivity contribution < 1.29 is 8.78 Å². The van der Waals surface area contributed by atoms with Crippen molar-refractivity contribution in [1.29, 1.82) is 0 Å². The van der Waals surface area contributed by atoms with Crippen molar-refractivity contribution in [2.45, 2.75) is 5.88 Å². The Balaban J connectivity index is 2.42. The van der Waals surface area contributed by atoms with E-state index in [-0.39, 0.29) is 11.6 Å². The van der Waals surface area contributed by atoms with Gasteiger partial charge >= 0.3 is 0 Å². The summed E-state index contributed by atoms with van der Waals surface area (Å²) in [6.45, 7) is 0. The third kappa shape index (κ3) is 2.11. The number of nitrogens with zero attached hydrogens (tertiary/aromatic N) is 2. The first kappa shape index (κ1) is 13.5. The van der Waals surface area contributed by atoms with Gasteiger partial charge in [0, 0.05) is 10.5 Å². The summed E-state index contributed by atoms with van der Waals surface area (Å²) in [6, 6.07) is 8.81. The van der Waals surface area contributed by atoms with Gasteiger partial charge in [0.1, 0.15) is 17.5 Å². The number of fused-ring (bicyclic) bond motifs is 1. The van der Waals surface area contributed by atoms with Crippen LogP contribution in [-0.4, -0.2) is 9.55 Å². The highest BCUT2D eigenvalue weighted by atomic mass is 79.9. The van der Waals surface area contributed by atoms with Crippen LogP contribution >= 0.6 is 27.5 Å². The number of halogens is 4. The molecule has 20 heavy (non-hydrogen) atoms. The number of benzene rings is 2. The maximum absolute atomic E-state index is 14.1. The molecule has 1 aromatic heterocycles. The van der Waals surface area contributed by atoms with Crippen molar-refractivity contribution in [3.05, 3.63) is 58.3 Å². The van der Waals surface area contributed by atoms with Crippen molar-refractivity contribution in [2.75, 3.05) is 0 Å². The van der Waals surface area contributed by atoms with E-state index in [1.54, 1.807) is 18.2 Å². The molecule has 0 amide bonds. The molecule has 0 N–H and O–H groups in total. The summed E-state index contributed by atoms with van der Waals surface area (Å²) in [4.78, 5) is 4.31. The lowest BCUT2D eigenvalue weighted by molar-refractivity contribution is 0.615. The average Bonchev–Trinajstić information content (AvgIpc) is 2.77. The SMILES string of the molecule is Fc1ccc2nc(CCl)n(-c3c(F)cccc3Br)c2c1. The van der Waals surface area contributed by atoms with Gasteiger partial charge in [0.2, 0.25) is 0 Å². The monoisotopic (exact) mass is 356 g/mol. The van der Waals surface area contributed by atoms with Gasteiger partial charge in [0.05, 0.1) is 22.6 Å². The smallest absolute Gasteiger partial charge is 0.148 e. The number of hydrogen-bond donors (Lipinski definition) is 0. The molecule has 0 radical (unpaired) electrons. The second-order valence-corrected chi connectivity index (χ2v) is 5.32. The molecule has 102 valence electrons. The zero-order valence-electron chi connectivity index (χ0n) is 10.1. The first-order chi connectivity index (χ1) is 9.61. The van der Waals surface area contributed by atoms with Crippen LogP contribution in [0, 0.1) is 11.6 Å². The van der Waals surface area contributed by atoms with Crippen LogP contribution in [0.2, 0.25) is 0 Å². The number of hydrogen-bond acceptors (Lipinski definition) is 1. The van der Waals surface area contributed by atoms with E-state index in [2.05, 4.69) is 20.9 Å². The van der Waals surface area contributed by atoms with Crippen molar-refractivity contribution in [3.8, 4) is 5.69 Å². The fourth-order valence-corrected chi connectivity index (χ4v) is 2.84. The predicted octanol–water partition coefficient (Wildman–Crippen LogP) is 4.81. The molecule has 2 aromatic carbocycles. The number of aromatic nitrogens is 2. The molecule has 3 rings (SSSR count). The molecule has 1 heterocycles. The van der Waals surface area contributed by atoms with E-state index in [1.807, 2.05) is 0 Å². The first-order valence-corrected chi connectivity index (χ1v) is 7.12. The molecule has 0 aliphatic carbocycles. The largest absolute Gasteiger partial charge is 0.291 e. The molecule has 2 nitrogen and oxygen atoms in total. The molecule has 0 aliphatic rings. The molecular formula is C14H8BrClF2N2. The summed E-state index contributed by atoms with van der Waals surface area (Å²) in [6.07, 6.45) is 0. The maximum Gasteiger partial charge on any atom is 0.148 e. The summed E-state index contributed by atoms with van der Waals surface area (Å²) in [5.41, 5.74) is 1.32. The highest BCUT2D eigenvalue weighted by Gasteiger charge is 2.17.